The molecule has 0 saturated heterocycles. The van der Waals surface area contributed by atoms with Crippen LogP contribution in [0.15, 0.2) is 0 Å². The van der Waals surface area contributed by atoms with E-state index in [4.69, 9.17) is 34.8 Å². The second kappa shape index (κ2) is 9.60. The van der Waals surface area contributed by atoms with Gasteiger partial charge in [0.25, 0.3) is 0 Å². The van der Waals surface area contributed by atoms with Crippen LogP contribution >= 0.6 is 0 Å². The highest BCUT2D eigenvalue weighted by Gasteiger charge is 2.34. The Bertz CT molecular complexity index is 659. The Balaban J connectivity index is 3.86. The van der Waals surface area contributed by atoms with E-state index in [2.05, 4.69) is 0 Å². The monoisotopic (exact) mass is 384 g/mol. The Morgan fingerprint density at radius 3 is 1.56 bits per heavy atom. The van der Waals surface area contributed by atoms with Gasteiger partial charge in [-0.1, -0.05) is 0 Å². The van der Waals surface area contributed by atoms with E-state index in [1.807, 2.05) is 0 Å². The van der Waals surface area contributed by atoms with Crippen LogP contribution in [0.3, 0.4) is 0 Å². The molecule has 0 aliphatic rings. The Hall–Kier alpha value is -3.04. The third-order valence-corrected chi connectivity index (χ3v) is 3.72. The number of hydrogen-bond donors (Lipinski definition) is 2. The molecule has 0 unspecified atom stereocenters. The van der Waals surface area contributed by atoms with Gasteiger partial charge in [0.15, 0.2) is 17.5 Å². The summed E-state index contributed by atoms with van der Waals surface area (Å²) in [7, 11) is 7.26. The highest BCUT2D eigenvalue weighted by Crippen LogP contribution is 2.57. The number of anilines is 1. The molecule has 0 fully saturated rings. The summed E-state index contributed by atoms with van der Waals surface area (Å²) in [5.41, 5.74) is 5.70. The van der Waals surface area contributed by atoms with Crippen LogP contribution in [0.5, 0.6) is 28.7 Å². The van der Waals surface area contributed by atoms with E-state index in [0.29, 0.717) is 13.2 Å². The lowest BCUT2D eigenvalue weighted by Gasteiger charge is -2.29. The van der Waals surface area contributed by atoms with Gasteiger partial charge in [-0.25, -0.2) is 4.79 Å². The second-order valence-electron chi connectivity index (χ2n) is 5.26. The van der Waals surface area contributed by atoms with E-state index in [1.54, 1.807) is 13.8 Å². The Morgan fingerprint density at radius 1 is 0.889 bits per heavy atom. The van der Waals surface area contributed by atoms with E-state index in [0.717, 1.165) is 4.90 Å². The summed E-state index contributed by atoms with van der Waals surface area (Å²) in [4.78, 5) is 15.0. The van der Waals surface area contributed by atoms with Crippen molar-refractivity contribution in [2.24, 2.45) is 5.73 Å². The number of benzene rings is 1. The normalized spacial score (nSPS) is 10.0. The number of urea groups is 1. The van der Waals surface area contributed by atoms with Gasteiger partial charge < -0.3 is 29.4 Å². The highest BCUT2D eigenvalue weighted by atomic mass is 16.6. The van der Waals surface area contributed by atoms with Crippen molar-refractivity contribution < 1.29 is 28.5 Å². The van der Waals surface area contributed by atoms with Crippen molar-refractivity contribution in [2.75, 3.05) is 53.5 Å². The first-order valence-electron chi connectivity index (χ1n) is 8.27. The van der Waals surface area contributed by atoms with Crippen LogP contribution in [0.1, 0.15) is 13.8 Å². The molecule has 27 heavy (non-hydrogen) atoms. The van der Waals surface area contributed by atoms with Gasteiger partial charge in [-0.15, -0.1) is 0 Å². The predicted molar refractivity (Wildman–Crippen MR) is 102 cm³/mol. The van der Waals surface area contributed by atoms with Gasteiger partial charge >= 0.3 is 6.03 Å². The number of methoxy groups -OCH3 is 3. The molecule has 0 saturated carbocycles. The summed E-state index contributed by atoms with van der Waals surface area (Å²) in [5.74, 6) is 0.856. The molecule has 2 amide bonds. The molecule has 0 aromatic heterocycles. The van der Waals surface area contributed by atoms with E-state index < -0.39 is 12.0 Å². The number of ether oxygens (including phenoxy) is 5. The van der Waals surface area contributed by atoms with Crippen LogP contribution in [0.4, 0.5) is 10.5 Å². The number of guanidine groups is 1. The van der Waals surface area contributed by atoms with Crippen molar-refractivity contribution in [2.45, 2.75) is 13.8 Å². The van der Waals surface area contributed by atoms with E-state index in [9.17, 15) is 4.79 Å². The number of nitrogens with zero attached hydrogens (tertiary/aromatic N) is 2. The van der Waals surface area contributed by atoms with E-state index >= 15 is 0 Å². The van der Waals surface area contributed by atoms with E-state index in [-0.39, 0.29) is 34.4 Å². The molecule has 0 spiro atoms. The molecule has 0 aliphatic heterocycles. The lowest BCUT2D eigenvalue weighted by Crippen LogP contribution is -2.45. The topological polar surface area (TPSA) is 120 Å². The van der Waals surface area contributed by atoms with Crippen LogP contribution < -0.4 is 34.3 Å². The molecule has 1 rings (SSSR count). The third-order valence-electron chi connectivity index (χ3n) is 3.72. The summed E-state index contributed by atoms with van der Waals surface area (Å²) in [6.07, 6.45) is 0. The van der Waals surface area contributed by atoms with E-state index in [1.165, 1.54) is 40.3 Å². The lowest BCUT2D eigenvalue weighted by molar-refractivity contribution is 0.231. The van der Waals surface area contributed by atoms with Crippen LogP contribution in [0.25, 0.3) is 0 Å². The van der Waals surface area contributed by atoms with Gasteiger partial charge in [-0.3, -0.25) is 15.2 Å². The average molecular weight is 384 g/mol. The van der Waals surface area contributed by atoms with Crippen LogP contribution in [-0.2, 0) is 0 Å². The number of carbonyl (C=O) groups is 1. The Kier molecular flexibility index (Phi) is 7.82. The number of rotatable bonds is 8. The molecule has 0 heterocycles. The highest BCUT2D eigenvalue weighted by molar-refractivity contribution is 6.04. The quantitative estimate of drug-likeness (QED) is 0.519. The van der Waals surface area contributed by atoms with Gasteiger partial charge in [-0.2, -0.15) is 0 Å². The SMILES string of the molecule is CCOc1c(OC)c(OC)c(OC)c(OCC)c1N(C)C(=O)N(C)C(=N)N. The standard InChI is InChI=1S/C17H28N4O6/c1-8-26-11-10(20(3)17(22)21(4)16(18)19)12(27-9-2)14(24-6)15(25-7)13(11)23-5/h8-9H2,1-7H3,(H3,18,19). The molecule has 1 aromatic rings. The summed E-state index contributed by atoms with van der Waals surface area (Å²) in [5, 5.41) is 7.50. The number of nitrogens with two attached hydrogens (primary N) is 1. The minimum atomic E-state index is -0.571. The fourth-order valence-electron chi connectivity index (χ4n) is 2.47. The second-order valence-corrected chi connectivity index (χ2v) is 5.26. The molecule has 152 valence electrons. The molecular formula is C17H28N4O6. The van der Waals surface area contributed by atoms with Gasteiger partial charge in [0.2, 0.25) is 17.2 Å². The zero-order valence-electron chi connectivity index (χ0n) is 16.8. The first-order valence-corrected chi connectivity index (χ1v) is 8.27. The van der Waals surface area contributed by atoms with Gasteiger partial charge in [-0.05, 0) is 13.8 Å². The fraction of sp³-hybridized carbons (Fsp3) is 0.529. The lowest BCUT2D eigenvalue weighted by atomic mass is 10.2. The first-order chi connectivity index (χ1) is 12.8. The molecular weight excluding hydrogens is 356 g/mol. The third kappa shape index (κ3) is 4.21. The van der Waals surface area contributed by atoms with Crippen molar-refractivity contribution in [1.82, 2.24) is 4.90 Å². The largest absolute Gasteiger partial charge is 0.490 e. The molecule has 0 atom stereocenters. The first kappa shape index (κ1) is 22.0. The molecule has 0 bridgehead atoms. The smallest absolute Gasteiger partial charge is 0.330 e. The molecule has 0 aliphatic carbocycles. The fourth-order valence-corrected chi connectivity index (χ4v) is 2.47. The predicted octanol–water partition coefficient (Wildman–Crippen LogP) is 1.89. The number of amides is 2. The summed E-state index contributed by atoms with van der Waals surface area (Å²) >= 11 is 0. The van der Waals surface area contributed by atoms with Crippen molar-refractivity contribution in [3.05, 3.63) is 0 Å². The number of hydrogen-bond acceptors (Lipinski definition) is 7. The van der Waals surface area contributed by atoms with Crippen molar-refractivity contribution in [3.63, 3.8) is 0 Å². The number of nitrogens with one attached hydrogen (secondary N) is 1. The summed E-state index contributed by atoms with van der Waals surface area (Å²) in [6.45, 7) is 4.19. The maximum atomic E-state index is 12.8. The molecule has 10 nitrogen and oxygen atoms in total. The zero-order chi connectivity index (χ0) is 20.7. The molecule has 1 aromatic carbocycles. The molecule has 10 heteroatoms. The maximum absolute atomic E-state index is 12.8. The average Bonchev–Trinajstić information content (AvgIpc) is 2.66. The maximum Gasteiger partial charge on any atom is 0.330 e. The van der Waals surface area contributed by atoms with Crippen LogP contribution in [0.2, 0.25) is 0 Å². The molecule has 0 radical (unpaired) electrons. The van der Waals surface area contributed by atoms with Crippen molar-refractivity contribution in [1.29, 1.82) is 5.41 Å². The Labute approximate surface area is 159 Å². The van der Waals surface area contributed by atoms with Crippen LogP contribution in [0, 0.1) is 5.41 Å². The molecule has 3 N–H and O–H groups in total. The van der Waals surface area contributed by atoms with Gasteiger partial charge in [0.05, 0.1) is 34.5 Å². The summed E-state index contributed by atoms with van der Waals surface area (Å²) < 4.78 is 27.9. The minimum Gasteiger partial charge on any atom is -0.490 e. The van der Waals surface area contributed by atoms with Gasteiger partial charge in [0, 0.05) is 14.1 Å². The summed E-state index contributed by atoms with van der Waals surface area (Å²) in [6, 6.07) is -0.571. The zero-order valence-corrected chi connectivity index (χ0v) is 16.8. The number of carbonyl (C=O) groups excluding carboxylic acids is 1. The minimum absolute atomic E-state index is 0.244. The Morgan fingerprint density at radius 2 is 1.26 bits per heavy atom. The van der Waals surface area contributed by atoms with Crippen molar-refractivity contribution >= 4 is 17.7 Å². The van der Waals surface area contributed by atoms with Crippen LogP contribution in [-0.4, -0.2) is 65.5 Å². The van der Waals surface area contributed by atoms with Gasteiger partial charge in [0.1, 0.15) is 5.69 Å². The van der Waals surface area contributed by atoms with Crippen molar-refractivity contribution in [3.8, 4) is 28.7 Å².